The molecule has 2 N–H and O–H groups in total. The number of nitrogens with one attached hydrogen (secondary N) is 2. The summed E-state index contributed by atoms with van der Waals surface area (Å²) in [7, 11) is 0. The number of aromatic nitrogens is 3. The second kappa shape index (κ2) is 12.2. The van der Waals surface area contributed by atoms with Gasteiger partial charge in [-0.2, -0.15) is 0 Å². The molecule has 1 aliphatic heterocycles. The molecule has 2 aromatic carbocycles. The van der Waals surface area contributed by atoms with Crippen molar-refractivity contribution in [1.82, 2.24) is 25.4 Å². The summed E-state index contributed by atoms with van der Waals surface area (Å²) in [5.74, 6) is 2.33. The highest BCUT2D eigenvalue weighted by molar-refractivity contribution is 14.0. The molecule has 4 rings (SSSR count). The Kier molecular flexibility index (Phi) is 9.28. The molecule has 0 bridgehead atoms. The third kappa shape index (κ3) is 6.41. The molecule has 0 amide bonds. The minimum Gasteiger partial charge on any atom is -0.381 e. The van der Waals surface area contributed by atoms with Crippen LogP contribution in [0.3, 0.4) is 0 Å². The van der Waals surface area contributed by atoms with Gasteiger partial charge in [0.15, 0.2) is 5.96 Å². The monoisotopic (exact) mass is 548 g/mol. The number of aryl methyl sites for hydroxylation is 1. The first-order chi connectivity index (χ1) is 15.2. The predicted molar refractivity (Wildman–Crippen MR) is 140 cm³/mol. The van der Waals surface area contributed by atoms with Gasteiger partial charge in [-0.1, -0.05) is 43.3 Å². The first kappa shape index (κ1) is 24.4. The van der Waals surface area contributed by atoms with E-state index in [0.29, 0.717) is 5.92 Å². The number of aliphatic imine (C=N–C) groups is 1. The van der Waals surface area contributed by atoms with E-state index in [1.54, 1.807) is 6.33 Å². The van der Waals surface area contributed by atoms with Crippen molar-refractivity contribution < 1.29 is 4.74 Å². The van der Waals surface area contributed by atoms with Crippen LogP contribution in [0.4, 0.5) is 0 Å². The molecule has 32 heavy (non-hydrogen) atoms. The van der Waals surface area contributed by atoms with Gasteiger partial charge in [-0.25, -0.2) is 0 Å². The summed E-state index contributed by atoms with van der Waals surface area (Å²) in [6.45, 7) is 8.24. The van der Waals surface area contributed by atoms with E-state index in [4.69, 9.17) is 9.73 Å². The van der Waals surface area contributed by atoms with E-state index in [1.165, 1.54) is 16.3 Å². The number of hydrogen-bond donors (Lipinski definition) is 2. The SMILES string of the molecule is CCc1nncn1CCNC(=NCC1CCOC1)NC(C)c1ccc2ccccc2c1.I. The van der Waals surface area contributed by atoms with Crippen molar-refractivity contribution in [2.45, 2.75) is 39.3 Å². The summed E-state index contributed by atoms with van der Waals surface area (Å²) in [6, 6.07) is 15.2. The predicted octanol–water partition coefficient (Wildman–Crippen LogP) is 3.94. The lowest BCUT2D eigenvalue weighted by Gasteiger charge is -2.20. The maximum Gasteiger partial charge on any atom is 0.191 e. The van der Waals surface area contributed by atoms with Gasteiger partial charge in [-0.3, -0.25) is 4.99 Å². The Morgan fingerprint density at radius 2 is 2.09 bits per heavy atom. The molecule has 1 aromatic heterocycles. The average molecular weight is 548 g/mol. The standard InChI is InChI=1S/C24H32N6O.HI/c1-3-23-29-27-17-30(23)12-11-25-24(26-15-19-10-13-31-16-19)28-18(2)21-9-8-20-6-4-5-7-22(20)14-21;/h4-9,14,17-19H,3,10-13,15-16H2,1-2H3,(H2,25,26,28);1H. The van der Waals surface area contributed by atoms with Gasteiger partial charge in [-0.15, -0.1) is 34.2 Å². The van der Waals surface area contributed by atoms with Gasteiger partial charge in [0.2, 0.25) is 0 Å². The lowest BCUT2D eigenvalue weighted by atomic mass is 10.0. The Balaban J connectivity index is 0.00000289. The Morgan fingerprint density at radius 3 is 2.88 bits per heavy atom. The van der Waals surface area contributed by atoms with Crippen molar-refractivity contribution in [3.05, 3.63) is 60.2 Å². The summed E-state index contributed by atoms with van der Waals surface area (Å²) >= 11 is 0. The first-order valence-electron chi connectivity index (χ1n) is 11.2. The third-order valence-corrected chi connectivity index (χ3v) is 5.82. The molecule has 0 radical (unpaired) electrons. The van der Waals surface area contributed by atoms with Crippen LogP contribution in [0.25, 0.3) is 10.8 Å². The number of fused-ring (bicyclic) bond motifs is 1. The molecule has 1 saturated heterocycles. The molecule has 2 heterocycles. The number of rotatable bonds is 8. The van der Waals surface area contributed by atoms with Crippen LogP contribution in [0.15, 0.2) is 53.8 Å². The fourth-order valence-electron chi connectivity index (χ4n) is 3.90. The van der Waals surface area contributed by atoms with Crippen molar-refractivity contribution in [1.29, 1.82) is 0 Å². The molecule has 0 aliphatic carbocycles. The lowest BCUT2D eigenvalue weighted by Crippen LogP contribution is -2.40. The van der Waals surface area contributed by atoms with Crippen LogP contribution in [0.5, 0.6) is 0 Å². The summed E-state index contributed by atoms with van der Waals surface area (Å²) in [5, 5.41) is 17.8. The van der Waals surface area contributed by atoms with E-state index in [2.05, 4.69) is 81.7 Å². The topological polar surface area (TPSA) is 76.4 Å². The van der Waals surface area contributed by atoms with Gasteiger partial charge >= 0.3 is 0 Å². The van der Waals surface area contributed by atoms with Crippen molar-refractivity contribution in [3.63, 3.8) is 0 Å². The average Bonchev–Trinajstić information content (AvgIpc) is 3.48. The van der Waals surface area contributed by atoms with Crippen molar-refractivity contribution in [3.8, 4) is 0 Å². The molecule has 0 spiro atoms. The van der Waals surface area contributed by atoms with Crippen LogP contribution >= 0.6 is 24.0 Å². The van der Waals surface area contributed by atoms with E-state index >= 15 is 0 Å². The molecule has 7 nitrogen and oxygen atoms in total. The summed E-state index contributed by atoms with van der Waals surface area (Å²) in [4.78, 5) is 4.87. The third-order valence-electron chi connectivity index (χ3n) is 5.82. The van der Waals surface area contributed by atoms with Crippen LogP contribution in [-0.4, -0.2) is 47.0 Å². The number of guanidine groups is 1. The quantitative estimate of drug-likeness (QED) is 0.254. The normalized spacial score (nSPS) is 17.2. The fraction of sp³-hybridized carbons (Fsp3) is 0.458. The Morgan fingerprint density at radius 1 is 1.25 bits per heavy atom. The smallest absolute Gasteiger partial charge is 0.191 e. The number of halogens is 1. The van der Waals surface area contributed by atoms with E-state index in [9.17, 15) is 0 Å². The van der Waals surface area contributed by atoms with Crippen LogP contribution < -0.4 is 10.6 Å². The Hall–Kier alpha value is -2.20. The van der Waals surface area contributed by atoms with Crippen LogP contribution in [-0.2, 0) is 17.7 Å². The number of hydrogen-bond acceptors (Lipinski definition) is 4. The molecule has 3 aromatic rings. The molecular weight excluding hydrogens is 515 g/mol. The summed E-state index contributed by atoms with van der Waals surface area (Å²) in [5.41, 5.74) is 1.24. The lowest BCUT2D eigenvalue weighted by molar-refractivity contribution is 0.187. The van der Waals surface area contributed by atoms with Gasteiger partial charge in [0.05, 0.1) is 12.6 Å². The Labute approximate surface area is 207 Å². The van der Waals surface area contributed by atoms with E-state index in [1.807, 2.05) is 0 Å². The van der Waals surface area contributed by atoms with Gasteiger partial charge in [-0.05, 0) is 35.7 Å². The van der Waals surface area contributed by atoms with E-state index in [0.717, 1.165) is 57.5 Å². The zero-order chi connectivity index (χ0) is 21.5. The minimum absolute atomic E-state index is 0. The molecule has 2 unspecified atom stereocenters. The number of benzene rings is 2. The zero-order valence-corrected chi connectivity index (χ0v) is 21.2. The molecule has 1 fully saturated rings. The number of ether oxygens (including phenoxy) is 1. The second-order valence-electron chi connectivity index (χ2n) is 8.11. The van der Waals surface area contributed by atoms with E-state index < -0.39 is 0 Å². The van der Waals surface area contributed by atoms with Crippen LogP contribution in [0, 0.1) is 5.92 Å². The van der Waals surface area contributed by atoms with Gasteiger partial charge in [0, 0.05) is 38.6 Å². The van der Waals surface area contributed by atoms with Crippen molar-refractivity contribution >= 4 is 40.7 Å². The second-order valence-corrected chi connectivity index (χ2v) is 8.11. The molecule has 0 saturated carbocycles. The zero-order valence-electron chi connectivity index (χ0n) is 18.8. The maximum atomic E-state index is 5.51. The Bertz CT molecular complexity index is 1010. The molecule has 172 valence electrons. The minimum atomic E-state index is 0. The van der Waals surface area contributed by atoms with Gasteiger partial charge in [0.1, 0.15) is 12.2 Å². The largest absolute Gasteiger partial charge is 0.381 e. The highest BCUT2D eigenvalue weighted by Crippen LogP contribution is 2.20. The van der Waals surface area contributed by atoms with Crippen LogP contribution in [0.2, 0.25) is 0 Å². The molecule has 8 heteroatoms. The molecule has 2 atom stereocenters. The summed E-state index contributed by atoms with van der Waals surface area (Å²) < 4.78 is 7.59. The van der Waals surface area contributed by atoms with Crippen LogP contribution in [0.1, 0.15) is 37.7 Å². The first-order valence-corrected chi connectivity index (χ1v) is 11.2. The van der Waals surface area contributed by atoms with Crippen molar-refractivity contribution in [2.24, 2.45) is 10.9 Å². The highest BCUT2D eigenvalue weighted by Gasteiger charge is 2.16. The molecule has 1 aliphatic rings. The molecular formula is C24H33IN6O. The maximum absolute atomic E-state index is 5.51. The van der Waals surface area contributed by atoms with E-state index in [-0.39, 0.29) is 30.0 Å². The highest BCUT2D eigenvalue weighted by atomic mass is 127. The van der Waals surface area contributed by atoms with Gasteiger partial charge < -0.3 is 19.9 Å². The van der Waals surface area contributed by atoms with Crippen molar-refractivity contribution in [2.75, 3.05) is 26.3 Å². The summed E-state index contributed by atoms with van der Waals surface area (Å²) in [6.07, 6.45) is 3.75. The van der Waals surface area contributed by atoms with Gasteiger partial charge in [0.25, 0.3) is 0 Å². The fourth-order valence-corrected chi connectivity index (χ4v) is 3.90. The number of nitrogens with zero attached hydrogens (tertiary/aromatic N) is 4.